The number of hydrogen-bond donors (Lipinski definition) is 1. The Kier molecular flexibility index (Phi) is 3.41. The molecule has 0 spiro atoms. The molecule has 0 aromatic carbocycles. The maximum absolute atomic E-state index is 11.8. The van der Waals surface area contributed by atoms with Crippen LogP contribution in [-0.4, -0.2) is 56.0 Å². The predicted octanol–water partition coefficient (Wildman–Crippen LogP) is 0.778. The number of piperidine rings is 1. The zero-order valence-electron chi connectivity index (χ0n) is 11.1. The third kappa shape index (κ3) is 2.58. The van der Waals surface area contributed by atoms with E-state index in [1.807, 2.05) is 0 Å². The molecule has 18 heavy (non-hydrogen) atoms. The van der Waals surface area contributed by atoms with Gasteiger partial charge < -0.3 is 5.32 Å². The van der Waals surface area contributed by atoms with Gasteiger partial charge in [-0.2, -0.15) is 0 Å². The summed E-state index contributed by atoms with van der Waals surface area (Å²) in [5.74, 6) is 0.775. The molecule has 3 unspecified atom stereocenters. The van der Waals surface area contributed by atoms with E-state index in [0.717, 1.165) is 12.8 Å². The minimum atomic E-state index is -2.78. The first-order valence-electron chi connectivity index (χ1n) is 7.22. The van der Waals surface area contributed by atoms with Gasteiger partial charge in [0, 0.05) is 24.2 Å². The first-order valence-corrected chi connectivity index (χ1v) is 9.04. The Morgan fingerprint density at radius 1 is 1.06 bits per heavy atom. The molecule has 3 aliphatic rings. The molecule has 0 amide bonds. The first kappa shape index (κ1) is 12.9. The van der Waals surface area contributed by atoms with Crippen molar-refractivity contribution in [2.75, 3.05) is 18.6 Å². The Hall–Kier alpha value is -0.130. The van der Waals surface area contributed by atoms with Crippen molar-refractivity contribution in [1.82, 2.24) is 10.2 Å². The summed E-state index contributed by atoms with van der Waals surface area (Å²) < 4.78 is 23.5. The van der Waals surface area contributed by atoms with E-state index in [2.05, 4.69) is 17.3 Å². The van der Waals surface area contributed by atoms with Crippen LogP contribution in [0.25, 0.3) is 0 Å². The van der Waals surface area contributed by atoms with Crippen LogP contribution in [0.2, 0.25) is 0 Å². The van der Waals surface area contributed by atoms with Crippen molar-refractivity contribution in [1.29, 1.82) is 0 Å². The van der Waals surface area contributed by atoms with Crippen molar-refractivity contribution >= 4 is 9.84 Å². The van der Waals surface area contributed by atoms with E-state index >= 15 is 0 Å². The SMILES string of the molecule is CN(C1CC2CCC(C1)N2)C1CCCS(=O)(=O)C1. The highest BCUT2D eigenvalue weighted by molar-refractivity contribution is 7.91. The van der Waals surface area contributed by atoms with Gasteiger partial charge in [-0.15, -0.1) is 0 Å². The highest BCUT2D eigenvalue weighted by Crippen LogP contribution is 2.31. The van der Waals surface area contributed by atoms with Crippen LogP contribution in [0.1, 0.15) is 38.5 Å². The van der Waals surface area contributed by atoms with E-state index in [1.165, 1.54) is 25.7 Å². The zero-order valence-corrected chi connectivity index (χ0v) is 12.0. The monoisotopic (exact) mass is 272 g/mol. The van der Waals surface area contributed by atoms with Gasteiger partial charge in [0.2, 0.25) is 0 Å². The summed E-state index contributed by atoms with van der Waals surface area (Å²) in [5, 5.41) is 3.65. The van der Waals surface area contributed by atoms with Crippen molar-refractivity contribution < 1.29 is 8.42 Å². The maximum Gasteiger partial charge on any atom is 0.151 e. The largest absolute Gasteiger partial charge is 0.311 e. The average molecular weight is 272 g/mol. The topological polar surface area (TPSA) is 49.4 Å². The number of rotatable bonds is 2. The number of nitrogens with one attached hydrogen (secondary N) is 1. The van der Waals surface area contributed by atoms with E-state index in [-0.39, 0.29) is 6.04 Å². The van der Waals surface area contributed by atoms with Gasteiger partial charge in [-0.1, -0.05) is 0 Å². The van der Waals surface area contributed by atoms with Crippen LogP contribution < -0.4 is 5.32 Å². The standard InChI is InChI=1S/C13H24N2O2S/c1-15(12-3-2-6-18(16,17)9-12)13-7-10-4-5-11(8-13)14-10/h10-14H,2-9H2,1H3. The molecule has 4 nitrogen and oxygen atoms in total. The molecule has 0 aromatic heterocycles. The summed E-state index contributed by atoms with van der Waals surface area (Å²) >= 11 is 0. The molecule has 3 heterocycles. The van der Waals surface area contributed by atoms with Crippen molar-refractivity contribution in [3.8, 4) is 0 Å². The van der Waals surface area contributed by atoms with Crippen molar-refractivity contribution in [2.24, 2.45) is 0 Å². The molecule has 0 radical (unpaired) electrons. The molecule has 3 rings (SSSR count). The molecule has 3 atom stereocenters. The number of sulfone groups is 1. The quantitative estimate of drug-likeness (QED) is 0.807. The molecule has 1 N–H and O–H groups in total. The summed E-state index contributed by atoms with van der Waals surface area (Å²) in [6.07, 6.45) is 6.90. The summed E-state index contributed by atoms with van der Waals surface area (Å²) in [4.78, 5) is 2.38. The Balaban J connectivity index is 1.65. The van der Waals surface area contributed by atoms with E-state index in [9.17, 15) is 8.42 Å². The third-order valence-corrected chi connectivity index (χ3v) is 6.84. The fraction of sp³-hybridized carbons (Fsp3) is 1.00. The number of fused-ring (bicyclic) bond motifs is 2. The highest BCUT2D eigenvalue weighted by atomic mass is 32.2. The Morgan fingerprint density at radius 2 is 1.72 bits per heavy atom. The van der Waals surface area contributed by atoms with Crippen LogP contribution in [-0.2, 0) is 9.84 Å². The number of nitrogens with zero attached hydrogens (tertiary/aromatic N) is 1. The third-order valence-electron chi connectivity index (χ3n) is 5.04. The molecular formula is C13H24N2O2S. The highest BCUT2D eigenvalue weighted by Gasteiger charge is 2.38. The van der Waals surface area contributed by atoms with Crippen molar-refractivity contribution in [3.05, 3.63) is 0 Å². The van der Waals surface area contributed by atoms with Crippen LogP contribution in [0, 0.1) is 0 Å². The molecule has 3 saturated heterocycles. The Labute approximate surface area is 110 Å². The van der Waals surface area contributed by atoms with Gasteiger partial charge in [-0.25, -0.2) is 8.42 Å². The second-order valence-corrected chi connectivity index (χ2v) is 8.57. The van der Waals surface area contributed by atoms with Crippen molar-refractivity contribution in [3.63, 3.8) is 0 Å². The molecule has 0 saturated carbocycles. The van der Waals surface area contributed by atoms with E-state index in [0.29, 0.717) is 29.6 Å². The molecule has 0 aliphatic carbocycles. The average Bonchev–Trinajstić information content (AvgIpc) is 2.66. The van der Waals surface area contributed by atoms with Gasteiger partial charge in [0.25, 0.3) is 0 Å². The molecular weight excluding hydrogens is 248 g/mol. The minimum absolute atomic E-state index is 0.256. The van der Waals surface area contributed by atoms with E-state index in [1.54, 1.807) is 0 Å². The minimum Gasteiger partial charge on any atom is -0.311 e. The number of hydrogen-bond acceptors (Lipinski definition) is 4. The first-order chi connectivity index (χ1) is 8.53. The second kappa shape index (κ2) is 4.76. The summed E-state index contributed by atoms with van der Waals surface area (Å²) in [7, 11) is -0.645. The van der Waals surface area contributed by atoms with E-state index in [4.69, 9.17) is 0 Å². The van der Waals surface area contributed by atoms with Crippen LogP contribution in [0.4, 0.5) is 0 Å². The fourth-order valence-corrected chi connectivity index (χ4v) is 5.74. The van der Waals surface area contributed by atoms with Crippen LogP contribution in [0.15, 0.2) is 0 Å². The van der Waals surface area contributed by atoms with Gasteiger partial charge in [0.05, 0.1) is 11.5 Å². The van der Waals surface area contributed by atoms with Gasteiger partial charge in [0.1, 0.15) is 0 Å². The fourth-order valence-electron chi connectivity index (χ4n) is 3.98. The van der Waals surface area contributed by atoms with Gasteiger partial charge in [0.15, 0.2) is 9.84 Å². The lowest BCUT2D eigenvalue weighted by atomic mass is 9.96. The molecule has 3 fully saturated rings. The Bertz CT molecular complexity index is 397. The molecule has 5 heteroatoms. The maximum atomic E-state index is 11.8. The zero-order chi connectivity index (χ0) is 12.8. The van der Waals surface area contributed by atoms with Crippen LogP contribution in [0.5, 0.6) is 0 Å². The predicted molar refractivity (Wildman–Crippen MR) is 72.4 cm³/mol. The lowest BCUT2D eigenvalue weighted by Crippen LogP contribution is -2.52. The summed E-state index contributed by atoms with van der Waals surface area (Å²) in [6.45, 7) is 0. The normalized spacial score (nSPS) is 43.2. The smallest absolute Gasteiger partial charge is 0.151 e. The summed E-state index contributed by atoms with van der Waals surface area (Å²) in [5.41, 5.74) is 0. The van der Waals surface area contributed by atoms with Crippen molar-refractivity contribution in [2.45, 2.75) is 62.7 Å². The molecule has 0 aromatic rings. The molecule has 104 valence electrons. The van der Waals surface area contributed by atoms with Gasteiger partial charge in [-0.05, 0) is 45.6 Å². The van der Waals surface area contributed by atoms with Crippen LogP contribution in [0.3, 0.4) is 0 Å². The van der Waals surface area contributed by atoms with Gasteiger partial charge >= 0.3 is 0 Å². The molecule has 2 bridgehead atoms. The van der Waals surface area contributed by atoms with E-state index < -0.39 is 9.84 Å². The van der Waals surface area contributed by atoms with Crippen LogP contribution >= 0.6 is 0 Å². The summed E-state index contributed by atoms with van der Waals surface area (Å²) in [6, 6.07) is 2.20. The Morgan fingerprint density at radius 3 is 2.33 bits per heavy atom. The van der Waals surface area contributed by atoms with Gasteiger partial charge in [-0.3, -0.25) is 4.90 Å². The molecule has 3 aliphatic heterocycles. The lowest BCUT2D eigenvalue weighted by molar-refractivity contribution is 0.126. The lowest BCUT2D eigenvalue weighted by Gasteiger charge is -2.41. The second-order valence-electron chi connectivity index (χ2n) is 6.34.